The Labute approximate surface area is 108 Å². The fourth-order valence-corrected chi connectivity index (χ4v) is 4.13. The van der Waals surface area contributed by atoms with Crippen LogP contribution in [0.25, 0.3) is 0 Å². The number of carbonyl (C=O) groups is 1. The minimum absolute atomic E-state index is 0.303. The van der Waals surface area contributed by atoms with Gasteiger partial charge in [-0.05, 0) is 11.6 Å². The molecule has 2 aliphatic rings. The molecule has 3 N–H and O–H groups in total. The molecule has 17 heavy (non-hydrogen) atoms. The number of thioether (sulfide) groups is 2. The normalized spacial score (nSPS) is 25.0. The molecule has 92 valence electrons. The molecular weight excluding hydrogens is 256 g/mol. The Hall–Kier alpha value is -0.720. The van der Waals surface area contributed by atoms with Crippen LogP contribution >= 0.6 is 23.5 Å². The molecule has 0 aromatic rings. The average molecular weight is 270 g/mol. The van der Waals surface area contributed by atoms with Crippen LogP contribution < -0.4 is 5.73 Å². The van der Waals surface area contributed by atoms with Gasteiger partial charge in [-0.1, -0.05) is 12.2 Å². The van der Waals surface area contributed by atoms with Gasteiger partial charge in [0, 0.05) is 23.6 Å². The average Bonchev–Trinajstić information content (AvgIpc) is 2.82. The minimum atomic E-state index is -0.997. The van der Waals surface area contributed by atoms with Crippen LogP contribution in [0.4, 0.5) is 0 Å². The van der Waals surface area contributed by atoms with Crippen molar-refractivity contribution in [3.63, 3.8) is 0 Å². The Morgan fingerprint density at radius 1 is 1.47 bits per heavy atom. The molecule has 0 radical (unpaired) electrons. The smallest absolute Gasteiger partial charge is 0.325 e. The van der Waals surface area contributed by atoms with E-state index in [2.05, 4.69) is 4.99 Å². The molecule has 1 saturated heterocycles. The molecule has 0 bridgehead atoms. The van der Waals surface area contributed by atoms with Gasteiger partial charge in [0.05, 0.1) is 0 Å². The van der Waals surface area contributed by atoms with Gasteiger partial charge < -0.3 is 10.8 Å². The number of carboxylic acids is 1. The van der Waals surface area contributed by atoms with Crippen molar-refractivity contribution in [2.75, 3.05) is 11.5 Å². The zero-order valence-electron chi connectivity index (χ0n) is 9.20. The predicted molar refractivity (Wildman–Crippen MR) is 73.6 cm³/mol. The summed E-state index contributed by atoms with van der Waals surface area (Å²) in [5.74, 6) is 1.31. The maximum Gasteiger partial charge on any atom is 0.325 e. The van der Waals surface area contributed by atoms with E-state index in [1.54, 1.807) is 6.08 Å². The summed E-state index contributed by atoms with van der Waals surface area (Å²) >= 11 is 3.70. The summed E-state index contributed by atoms with van der Waals surface area (Å²) < 4.78 is 0.303. The lowest BCUT2D eigenvalue weighted by atomic mass is 10.00. The monoisotopic (exact) mass is 270 g/mol. The number of hydrogen-bond donors (Lipinski definition) is 2. The third-order valence-corrected chi connectivity index (χ3v) is 5.25. The van der Waals surface area contributed by atoms with Gasteiger partial charge in [0.1, 0.15) is 10.7 Å². The standard InChI is InChI=1S/C11H14N2O2S2/c12-9(10(14)15)7-1-3-8(4-2-7)13-11-16-5-6-17-11/h1-3,9,11H,4-6,12H2,(H,14,15). The highest BCUT2D eigenvalue weighted by Crippen LogP contribution is 2.33. The van der Waals surface area contributed by atoms with Gasteiger partial charge in [0.15, 0.2) is 0 Å². The summed E-state index contributed by atoms with van der Waals surface area (Å²) in [5.41, 5.74) is 7.19. The fraction of sp³-hybridized carbons (Fsp3) is 0.455. The van der Waals surface area contributed by atoms with E-state index in [0.717, 1.165) is 17.2 Å². The second-order valence-electron chi connectivity index (χ2n) is 3.73. The zero-order valence-corrected chi connectivity index (χ0v) is 10.8. The zero-order chi connectivity index (χ0) is 12.3. The molecule has 0 aromatic carbocycles. The number of aliphatic imine (C=N–C) groups is 1. The number of aliphatic carboxylic acids is 1. The largest absolute Gasteiger partial charge is 0.480 e. The molecule has 6 heteroatoms. The molecule has 1 aliphatic heterocycles. The first kappa shape index (κ1) is 12.7. The molecule has 1 unspecified atom stereocenters. The number of hydrogen-bond acceptors (Lipinski definition) is 5. The highest BCUT2D eigenvalue weighted by atomic mass is 32.2. The first-order valence-corrected chi connectivity index (χ1v) is 7.43. The van der Waals surface area contributed by atoms with Crippen LogP contribution in [0.1, 0.15) is 6.42 Å². The topological polar surface area (TPSA) is 75.7 Å². The van der Waals surface area contributed by atoms with Gasteiger partial charge in [-0.25, -0.2) is 0 Å². The molecule has 0 amide bonds. The van der Waals surface area contributed by atoms with Gasteiger partial charge in [0.25, 0.3) is 0 Å². The molecule has 0 saturated carbocycles. The second-order valence-corrected chi connectivity index (χ2v) is 6.40. The molecule has 0 spiro atoms. The highest BCUT2D eigenvalue weighted by molar-refractivity contribution is 8.20. The van der Waals surface area contributed by atoms with E-state index in [9.17, 15) is 4.79 Å². The van der Waals surface area contributed by atoms with Crippen molar-refractivity contribution in [2.24, 2.45) is 10.7 Å². The Morgan fingerprint density at radius 2 is 2.18 bits per heavy atom. The van der Waals surface area contributed by atoms with Crippen molar-refractivity contribution in [3.05, 3.63) is 23.8 Å². The summed E-state index contributed by atoms with van der Waals surface area (Å²) in [6, 6.07) is -0.928. The van der Waals surface area contributed by atoms with Crippen LogP contribution in [-0.4, -0.2) is 39.0 Å². The van der Waals surface area contributed by atoms with Gasteiger partial charge in [-0.3, -0.25) is 9.79 Å². The molecule has 1 heterocycles. The van der Waals surface area contributed by atoms with E-state index in [0.29, 0.717) is 16.7 Å². The maximum absolute atomic E-state index is 10.7. The third-order valence-electron chi connectivity index (χ3n) is 2.52. The number of carboxylic acid groups (broad SMARTS) is 1. The summed E-state index contributed by atoms with van der Waals surface area (Å²) in [7, 11) is 0. The Bertz CT molecular complexity index is 398. The predicted octanol–water partition coefficient (Wildman–Crippen LogP) is 1.49. The van der Waals surface area contributed by atoms with E-state index >= 15 is 0 Å². The molecule has 1 fully saturated rings. The van der Waals surface area contributed by atoms with Crippen molar-refractivity contribution in [2.45, 2.75) is 17.2 Å². The number of nitrogens with zero attached hydrogens (tertiary/aromatic N) is 1. The lowest BCUT2D eigenvalue weighted by molar-refractivity contribution is -0.137. The van der Waals surface area contributed by atoms with Crippen LogP contribution in [0, 0.1) is 0 Å². The Balaban J connectivity index is 1.97. The number of allylic oxidation sites excluding steroid dienone is 2. The van der Waals surface area contributed by atoms with Gasteiger partial charge in [-0.15, -0.1) is 23.5 Å². The van der Waals surface area contributed by atoms with Crippen molar-refractivity contribution in [3.8, 4) is 0 Å². The fourth-order valence-electron chi connectivity index (χ4n) is 1.58. The third kappa shape index (κ3) is 3.37. The van der Waals surface area contributed by atoms with Crippen LogP contribution in [0.15, 0.2) is 28.8 Å². The molecule has 1 atom stereocenters. The van der Waals surface area contributed by atoms with E-state index in [1.165, 1.54) is 0 Å². The first-order valence-electron chi connectivity index (χ1n) is 5.33. The molecular formula is C11H14N2O2S2. The maximum atomic E-state index is 10.7. The van der Waals surface area contributed by atoms with Crippen LogP contribution in [0.3, 0.4) is 0 Å². The lowest BCUT2D eigenvalue weighted by Gasteiger charge is -2.13. The summed E-state index contributed by atoms with van der Waals surface area (Å²) in [5, 5.41) is 8.79. The highest BCUT2D eigenvalue weighted by Gasteiger charge is 2.19. The first-order chi connectivity index (χ1) is 8.16. The van der Waals surface area contributed by atoms with Crippen LogP contribution in [0.2, 0.25) is 0 Å². The minimum Gasteiger partial charge on any atom is -0.480 e. The molecule has 1 aliphatic carbocycles. The van der Waals surface area contributed by atoms with E-state index in [4.69, 9.17) is 10.8 Å². The Kier molecular flexibility index (Phi) is 4.31. The number of nitrogens with two attached hydrogens (primary N) is 1. The van der Waals surface area contributed by atoms with E-state index < -0.39 is 12.0 Å². The lowest BCUT2D eigenvalue weighted by Crippen LogP contribution is -2.32. The second kappa shape index (κ2) is 5.75. The molecule has 2 rings (SSSR count). The van der Waals surface area contributed by atoms with Crippen molar-refractivity contribution in [1.29, 1.82) is 0 Å². The van der Waals surface area contributed by atoms with Crippen molar-refractivity contribution < 1.29 is 9.90 Å². The molecule has 0 aromatic heterocycles. The summed E-state index contributed by atoms with van der Waals surface area (Å²) in [4.78, 5) is 15.3. The summed E-state index contributed by atoms with van der Waals surface area (Å²) in [6.45, 7) is 0. The van der Waals surface area contributed by atoms with E-state index in [-0.39, 0.29) is 0 Å². The van der Waals surface area contributed by atoms with Gasteiger partial charge in [0.2, 0.25) is 0 Å². The number of rotatable bonds is 3. The van der Waals surface area contributed by atoms with Gasteiger partial charge in [-0.2, -0.15) is 0 Å². The van der Waals surface area contributed by atoms with E-state index in [1.807, 2.05) is 35.7 Å². The Morgan fingerprint density at radius 3 is 2.71 bits per heavy atom. The molecule has 4 nitrogen and oxygen atoms in total. The van der Waals surface area contributed by atoms with Crippen molar-refractivity contribution >= 4 is 35.2 Å². The summed E-state index contributed by atoms with van der Waals surface area (Å²) in [6.07, 6.45) is 6.15. The van der Waals surface area contributed by atoms with Gasteiger partial charge >= 0.3 is 5.97 Å². The van der Waals surface area contributed by atoms with Crippen LogP contribution in [0.5, 0.6) is 0 Å². The SMILES string of the molecule is NC(C(=O)O)C1=CCC(=NC2SCCS2)C=C1. The van der Waals surface area contributed by atoms with Crippen LogP contribution in [-0.2, 0) is 4.79 Å². The quantitative estimate of drug-likeness (QED) is 0.812. The van der Waals surface area contributed by atoms with Crippen molar-refractivity contribution in [1.82, 2.24) is 0 Å².